The summed E-state index contributed by atoms with van der Waals surface area (Å²) in [5.74, 6) is 0.530. The van der Waals surface area contributed by atoms with Crippen molar-refractivity contribution in [2.75, 3.05) is 26.8 Å². The average Bonchev–Trinajstić information content (AvgIpc) is 2.91. The maximum atomic E-state index is 12.1. The van der Waals surface area contributed by atoms with Gasteiger partial charge in [0.05, 0.1) is 23.2 Å². The summed E-state index contributed by atoms with van der Waals surface area (Å²) in [5, 5.41) is 0.931. The maximum Gasteiger partial charge on any atom is 0.242 e. The number of carbonyl (C=O) groups excluding carboxylic acids is 1. The van der Waals surface area contributed by atoms with E-state index in [2.05, 4.69) is 0 Å². The van der Waals surface area contributed by atoms with Crippen LogP contribution in [0.2, 0.25) is 10.0 Å². The number of ether oxygens (including phenoxy) is 2. The minimum Gasteiger partial charge on any atom is -0.488 e. The number of amides is 1. The van der Waals surface area contributed by atoms with E-state index in [0.717, 1.165) is 6.42 Å². The number of methoxy groups -OCH3 is 1. The second-order valence-electron chi connectivity index (χ2n) is 4.95. The number of nitrogens with two attached hydrogens (primary N) is 1. The topological polar surface area (TPSA) is 64.8 Å². The van der Waals surface area contributed by atoms with Gasteiger partial charge < -0.3 is 20.1 Å². The van der Waals surface area contributed by atoms with Gasteiger partial charge in [-0.1, -0.05) is 23.2 Å². The van der Waals surface area contributed by atoms with Gasteiger partial charge in [-0.3, -0.25) is 4.79 Å². The Morgan fingerprint density at radius 2 is 2.24 bits per heavy atom. The van der Waals surface area contributed by atoms with E-state index >= 15 is 0 Å². The fraction of sp³-hybridized carbons (Fsp3) is 0.500. The molecule has 21 heavy (non-hydrogen) atoms. The van der Waals surface area contributed by atoms with Crippen molar-refractivity contribution in [3.8, 4) is 5.75 Å². The second kappa shape index (κ2) is 7.31. The average molecular weight is 333 g/mol. The molecule has 1 aliphatic rings. The molecule has 2 N–H and O–H groups in total. The molecular formula is C14H18Cl2N2O3. The lowest BCUT2D eigenvalue weighted by Crippen LogP contribution is -2.45. The summed E-state index contributed by atoms with van der Waals surface area (Å²) in [7, 11) is 1.52. The van der Waals surface area contributed by atoms with E-state index in [9.17, 15) is 4.79 Å². The van der Waals surface area contributed by atoms with Crippen molar-refractivity contribution in [3.63, 3.8) is 0 Å². The third-order valence-electron chi connectivity index (χ3n) is 3.31. The Bertz CT molecular complexity index is 513. The SMILES string of the molecule is COCC(N)C(=O)N1CCC(Oc2ccc(Cl)c(Cl)c2)C1. The molecule has 1 aromatic carbocycles. The van der Waals surface area contributed by atoms with Gasteiger partial charge in [-0.15, -0.1) is 0 Å². The normalized spacial score (nSPS) is 19.6. The molecular weight excluding hydrogens is 315 g/mol. The molecule has 5 nitrogen and oxygen atoms in total. The number of carbonyl (C=O) groups is 1. The van der Waals surface area contributed by atoms with Gasteiger partial charge in [-0.05, 0) is 12.1 Å². The van der Waals surface area contributed by atoms with Crippen molar-refractivity contribution in [2.24, 2.45) is 5.73 Å². The lowest BCUT2D eigenvalue weighted by atomic mass is 10.3. The van der Waals surface area contributed by atoms with Crippen molar-refractivity contribution < 1.29 is 14.3 Å². The minimum absolute atomic E-state index is 0.0686. The summed E-state index contributed by atoms with van der Waals surface area (Å²) in [4.78, 5) is 13.8. The van der Waals surface area contributed by atoms with Crippen LogP contribution in [0.15, 0.2) is 18.2 Å². The van der Waals surface area contributed by atoms with Gasteiger partial charge in [0, 0.05) is 26.1 Å². The van der Waals surface area contributed by atoms with Gasteiger partial charge in [0.2, 0.25) is 5.91 Å². The molecule has 0 bridgehead atoms. The zero-order chi connectivity index (χ0) is 15.4. The molecule has 1 aliphatic heterocycles. The summed E-state index contributed by atoms with van der Waals surface area (Å²) in [6, 6.07) is 4.49. The van der Waals surface area contributed by atoms with Crippen LogP contribution < -0.4 is 10.5 Å². The van der Waals surface area contributed by atoms with Crippen LogP contribution >= 0.6 is 23.2 Å². The van der Waals surface area contributed by atoms with Gasteiger partial charge in [-0.2, -0.15) is 0 Å². The Morgan fingerprint density at radius 3 is 2.90 bits per heavy atom. The first-order valence-corrected chi connectivity index (χ1v) is 7.42. The molecule has 2 unspecified atom stereocenters. The van der Waals surface area contributed by atoms with Crippen molar-refractivity contribution in [1.29, 1.82) is 0 Å². The Hall–Kier alpha value is -1.01. The Morgan fingerprint density at radius 1 is 1.48 bits per heavy atom. The molecule has 0 aromatic heterocycles. The number of likely N-dealkylation sites (tertiary alicyclic amines) is 1. The zero-order valence-electron chi connectivity index (χ0n) is 11.7. The van der Waals surface area contributed by atoms with E-state index < -0.39 is 6.04 Å². The van der Waals surface area contributed by atoms with Crippen molar-refractivity contribution in [2.45, 2.75) is 18.6 Å². The molecule has 1 amide bonds. The number of nitrogens with zero attached hydrogens (tertiary/aromatic N) is 1. The smallest absolute Gasteiger partial charge is 0.242 e. The van der Waals surface area contributed by atoms with E-state index in [1.165, 1.54) is 7.11 Å². The first-order chi connectivity index (χ1) is 10.0. The molecule has 1 saturated heterocycles. The van der Waals surface area contributed by atoms with Crippen LogP contribution in [0.25, 0.3) is 0 Å². The molecule has 0 aliphatic carbocycles. The van der Waals surface area contributed by atoms with E-state index in [1.54, 1.807) is 23.1 Å². The number of hydrogen-bond donors (Lipinski definition) is 1. The quantitative estimate of drug-likeness (QED) is 0.894. The maximum absolute atomic E-state index is 12.1. The number of halogens is 2. The van der Waals surface area contributed by atoms with Crippen molar-refractivity contribution >= 4 is 29.1 Å². The Balaban J connectivity index is 1.90. The predicted octanol–water partition coefficient (Wildman–Crippen LogP) is 1.95. The van der Waals surface area contributed by atoms with Gasteiger partial charge in [0.1, 0.15) is 17.9 Å². The van der Waals surface area contributed by atoms with Gasteiger partial charge in [-0.25, -0.2) is 0 Å². The van der Waals surface area contributed by atoms with E-state index in [-0.39, 0.29) is 18.6 Å². The van der Waals surface area contributed by atoms with E-state index in [4.69, 9.17) is 38.4 Å². The summed E-state index contributed by atoms with van der Waals surface area (Å²) >= 11 is 11.8. The fourth-order valence-electron chi connectivity index (χ4n) is 2.25. The van der Waals surface area contributed by atoms with Gasteiger partial charge in [0.15, 0.2) is 0 Å². The lowest BCUT2D eigenvalue weighted by Gasteiger charge is -2.20. The predicted molar refractivity (Wildman–Crippen MR) is 81.9 cm³/mol. The summed E-state index contributed by atoms with van der Waals surface area (Å²) in [6.45, 7) is 1.35. The third-order valence-corrected chi connectivity index (χ3v) is 4.05. The van der Waals surface area contributed by atoms with Gasteiger partial charge in [0.25, 0.3) is 0 Å². The minimum atomic E-state index is -0.626. The molecule has 1 heterocycles. The monoisotopic (exact) mass is 332 g/mol. The molecule has 2 rings (SSSR count). The number of rotatable bonds is 5. The highest BCUT2D eigenvalue weighted by Crippen LogP contribution is 2.28. The van der Waals surface area contributed by atoms with E-state index in [0.29, 0.717) is 28.9 Å². The first kappa shape index (κ1) is 16.4. The van der Waals surface area contributed by atoms with Crippen LogP contribution in [0.4, 0.5) is 0 Å². The van der Waals surface area contributed by atoms with Crippen LogP contribution in [-0.4, -0.2) is 49.8 Å². The largest absolute Gasteiger partial charge is 0.488 e. The Labute approximate surface area is 133 Å². The second-order valence-corrected chi connectivity index (χ2v) is 5.76. The highest BCUT2D eigenvalue weighted by molar-refractivity contribution is 6.42. The van der Waals surface area contributed by atoms with E-state index in [1.807, 2.05) is 0 Å². The fourth-order valence-corrected chi connectivity index (χ4v) is 2.54. The number of benzene rings is 1. The summed E-state index contributed by atoms with van der Waals surface area (Å²) in [6.07, 6.45) is 0.687. The van der Waals surface area contributed by atoms with Crippen LogP contribution in [0.1, 0.15) is 6.42 Å². The molecule has 7 heteroatoms. The zero-order valence-corrected chi connectivity index (χ0v) is 13.2. The summed E-state index contributed by atoms with van der Waals surface area (Å²) < 4.78 is 10.7. The molecule has 0 spiro atoms. The van der Waals surface area contributed by atoms with Gasteiger partial charge >= 0.3 is 0 Å². The van der Waals surface area contributed by atoms with Crippen LogP contribution in [0, 0.1) is 0 Å². The summed E-state index contributed by atoms with van der Waals surface area (Å²) in [5.41, 5.74) is 5.75. The first-order valence-electron chi connectivity index (χ1n) is 6.66. The van der Waals surface area contributed by atoms with Crippen LogP contribution in [0.3, 0.4) is 0 Å². The Kier molecular flexibility index (Phi) is 5.70. The van der Waals surface area contributed by atoms with Crippen molar-refractivity contribution in [1.82, 2.24) is 4.90 Å². The molecule has 0 radical (unpaired) electrons. The third kappa shape index (κ3) is 4.23. The standard InChI is InChI=1S/C14H18Cl2N2O3/c1-20-8-13(17)14(19)18-5-4-10(7-18)21-9-2-3-11(15)12(16)6-9/h2-3,6,10,13H,4-5,7-8,17H2,1H3. The van der Waals surface area contributed by atoms with Crippen LogP contribution in [-0.2, 0) is 9.53 Å². The molecule has 1 aromatic rings. The number of hydrogen-bond acceptors (Lipinski definition) is 4. The highest BCUT2D eigenvalue weighted by atomic mass is 35.5. The molecule has 2 atom stereocenters. The van der Waals surface area contributed by atoms with Crippen LogP contribution in [0.5, 0.6) is 5.75 Å². The molecule has 0 saturated carbocycles. The molecule has 1 fully saturated rings. The van der Waals surface area contributed by atoms with Crippen molar-refractivity contribution in [3.05, 3.63) is 28.2 Å². The molecule has 116 valence electrons. The lowest BCUT2D eigenvalue weighted by molar-refractivity contribution is -0.132. The highest BCUT2D eigenvalue weighted by Gasteiger charge is 2.30.